The van der Waals surface area contributed by atoms with E-state index in [1.165, 1.54) is 6.92 Å². The molecule has 1 aliphatic rings. The molecule has 0 saturated carbocycles. The van der Waals surface area contributed by atoms with Gasteiger partial charge in [0.1, 0.15) is 11.9 Å². The second kappa shape index (κ2) is 2.91. The van der Waals surface area contributed by atoms with E-state index in [0.29, 0.717) is 0 Å². The van der Waals surface area contributed by atoms with Gasteiger partial charge in [0.15, 0.2) is 6.10 Å². The van der Waals surface area contributed by atoms with Crippen LogP contribution >= 0.6 is 0 Å². The average Bonchev–Trinajstić information content (AvgIpc) is 2.32. The Labute approximate surface area is 69.2 Å². The predicted octanol–water partition coefficient (Wildman–Crippen LogP) is -0.202. The van der Waals surface area contributed by atoms with E-state index in [1.807, 2.05) is 0 Å². The van der Waals surface area contributed by atoms with Gasteiger partial charge in [-0.25, -0.2) is 4.79 Å². The average molecular weight is 196 g/mol. The van der Waals surface area contributed by atoms with Gasteiger partial charge in [0, 0.05) is 0 Å². The fourth-order valence-electron chi connectivity index (χ4n) is 0.765. The maximum absolute atomic E-state index is 10.5. The van der Waals surface area contributed by atoms with Crippen molar-refractivity contribution >= 4 is 16.3 Å². The van der Waals surface area contributed by atoms with E-state index in [2.05, 4.69) is 9.47 Å². The molecule has 0 amide bonds. The minimum Gasteiger partial charge on any atom is -0.430 e. The maximum atomic E-state index is 10.5. The van der Waals surface area contributed by atoms with Crippen molar-refractivity contribution in [1.82, 2.24) is 0 Å². The van der Waals surface area contributed by atoms with Gasteiger partial charge in [-0.05, 0) is 6.92 Å². The van der Waals surface area contributed by atoms with Crippen molar-refractivity contribution in [3.05, 3.63) is 0 Å². The Morgan fingerprint density at radius 1 is 1.67 bits per heavy atom. The molecular formula is C5H8O6S. The SMILES string of the molecule is CC(C1COC(=O)O1)S(=O)(=O)O. The van der Waals surface area contributed by atoms with Crippen molar-refractivity contribution < 1.29 is 27.2 Å². The van der Waals surface area contributed by atoms with Crippen LogP contribution in [0, 0.1) is 0 Å². The molecular weight excluding hydrogens is 188 g/mol. The van der Waals surface area contributed by atoms with E-state index in [-0.39, 0.29) is 6.61 Å². The summed E-state index contributed by atoms with van der Waals surface area (Å²) in [5.74, 6) is 0. The van der Waals surface area contributed by atoms with Crippen molar-refractivity contribution in [3.8, 4) is 0 Å². The summed E-state index contributed by atoms with van der Waals surface area (Å²) in [5.41, 5.74) is 0. The van der Waals surface area contributed by atoms with Crippen LogP contribution in [-0.2, 0) is 19.6 Å². The summed E-state index contributed by atoms with van der Waals surface area (Å²) in [4.78, 5) is 10.4. The number of rotatable bonds is 2. The monoisotopic (exact) mass is 196 g/mol. The number of hydrogen-bond donors (Lipinski definition) is 1. The molecule has 6 nitrogen and oxygen atoms in total. The minimum absolute atomic E-state index is 0.139. The van der Waals surface area contributed by atoms with Gasteiger partial charge in [0.05, 0.1) is 0 Å². The molecule has 70 valence electrons. The highest BCUT2D eigenvalue weighted by molar-refractivity contribution is 7.86. The zero-order valence-electron chi connectivity index (χ0n) is 6.26. The lowest BCUT2D eigenvalue weighted by atomic mass is 10.3. The Kier molecular flexibility index (Phi) is 2.25. The molecule has 0 aliphatic carbocycles. The van der Waals surface area contributed by atoms with Gasteiger partial charge in [-0.3, -0.25) is 4.55 Å². The molecule has 1 saturated heterocycles. The molecule has 0 aromatic carbocycles. The number of ether oxygens (including phenoxy) is 2. The molecule has 1 rings (SSSR count). The molecule has 0 radical (unpaired) electrons. The highest BCUT2D eigenvalue weighted by Gasteiger charge is 2.36. The molecule has 0 aromatic rings. The first-order valence-corrected chi connectivity index (χ1v) is 4.71. The molecule has 2 atom stereocenters. The van der Waals surface area contributed by atoms with Gasteiger partial charge >= 0.3 is 6.16 Å². The smallest absolute Gasteiger partial charge is 0.430 e. The standard InChI is InChI=1S/C5H8O6S/c1-3(12(7,8)9)4-2-10-5(6)11-4/h3-4H,2H2,1H3,(H,7,8,9). The summed E-state index contributed by atoms with van der Waals surface area (Å²) in [6.07, 6.45) is -1.82. The van der Waals surface area contributed by atoms with E-state index in [0.717, 1.165) is 0 Å². The summed E-state index contributed by atoms with van der Waals surface area (Å²) in [6, 6.07) is 0. The first-order chi connectivity index (χ1) is 5.41. The Morgan fingerprint density at radius 3 is 2.58 bits per heavy atom. The normalized spacial score (nSPS) is 26.2. The topological polar surface area (TPSA) is 89.9 Å². The molecule has 12 heavy (non-hydrogen) atoms. The summed E-state index contributed by atoms with van der Waals surface area (Å²) in [6.45, 7) is 1.10. The highest BCUT2D eigenvalue weighted by atomic mass is 32.2. The third-order valence-corrected chi connectivity index (χ3v) is 2.85. The quantitative estimate of drug-likeness (QED) is 0.485. The lowest BCUT2D eigenvalue weighted by Gasteiger charge is -2.11. The molecule has 1 N–H and O–H groups in total. The van der Waals surface area contributed by atoms with Gasteiger partial charge in [-0.15, -0.1) is 0 Å². The van der Waals surface area contributed by atoms with Crippen molar-refractivity contribution in [2.45, 2.75) is 18.3 Å². The first-order valence-electron chi connectivity index (χ1n) is 3.21. The highest BCUT2D eigenvalue weighted by Crippen LogP contribution is 2.14. The second-order valence-corrected chi connectivity index (χ2v) is 4.21. The molecule has 0 aromatic heterocycles. The van der Waals surface area contributed by atoms with Crippen molar-refractivity contribution in [3.63, 3.8) is 0 Å². The van der Waals surface area contributed by atoms with E-state index in [4.69, 9.17) is 4.55 Å². The van der Waals surface area contributed by atoms with Gasteiger partial charge in [-0.2, -0.15) is 8.42 Å². The van der Waals surface area contributed by atoms with Crippen molar-refractivity contribution in [2.75, 3.05) is 6.61 Å². The Hall–Kier alpha value is -0.820. The minimum atomic E-state index is -4.17. The van der Waals surface area contributed by atoms with Crippen LogP contribution in [0.5, 0.6) is 0 Å². The van der Waals surface area contributed by atoms with Crippen LogP contribution in [0.25, 0.3) is 0 Å². The lowest BCUT2D eigenvalue weighted by molar-refractivity contribution is 0.117. The van der Waals surface area contributed by atoms with E-state index in [1.54, 1.807) is 0 Å². The third-order valence-electron chi connectivity index (χ3n) is 1.61. The fourth-order valence-corrected chi connectivity index (χ4v) is 1.28. The Balaban J connectivity index is 2.67. The van der Waals surface area contributed by atoms with Gasteiger partial charge in [-0.1, -0.05) is 0 Å². The second-order valence-electron chi connectivity index (χ2n) is 2.44. The first kappa shape index (κ1) is 9.27. The molecule has 0 bridgehead atoms. The van der Waals surface area contributed by atoms with E-state index in [9.17, 15) is 13.2 Å². The number of carbonyl (C=O) groups excluding carboxylic acids is 1. The van der Waals surface area contributed by atoms with Crippen molar-refractivity contribution in [1.29, 1.82) is 0 Å². The summed E-state index contributed by atoms with van der Waals surface area (Å²) in [7, 11) is -4.17. The van der Waals surface area contributed by atoms with Crippen LogP contribution in [-0.4, -0.2) is 37.1 Å². The van der Waals surface area contributed by atoms with E-state index >= 15 is 0 Å². The summed E-state index contributed by atoms with van der Waals surface area (Å²) >= 11 is 0. The third kappa shape index (κ3) is 1.86. The van der Waals surface area contributed by atoms with Crippen LogP contribution in [0.15, 0.2) is 0 Å². The number of cyclic esters (lactones) is 2. The predicted molar refractivity (Wildman–Crippen MR) is 37.2 cm³/mol. The largest absolute Gasteiger partial charge is 0.508 e. The van der Waals surface area contributed by atoms with Crippen LogP contribution in [0.1, 0.15) is 6.92 Å². The Bertz CT molecular complexity index is 280. The summed E-state index contributed by atoms with van der Waals surface area (Å²) < 4.78 is 38.4. The van der Waals surface area contributed by atoms with Crippen LogP contribution in [0.4, 0.5) is 4.79 Å². The Morgan fingerprint density at radius 2 is 2.25 bits per heavy atom. The molecule has 1 heterocycles. The molecule has 2 unspecified atom stereocenters. The van der Waals surface area contributed by atoms with Crippen LogP contribution in [0.3, 0.4) is 0 Å². The maximum Gasteiger partial charge on any atom is 0.508 e. The van der Waals surface area contributed by atoms with E-state index < -0.39 is 27.6 Å². The van der Waals surface area contributed by atoms with Gasteiger partial charge in [0.25, 0.3) is 10.1 Å². The zero-order valence-corrected chi connectivity index (χ0v) is 7.08. The van der Waals surface area contributed by atoms with Gasteiger partial charge < -0.3 is 9.47 Å². The summed E-state index contributed by atoms with van der Waals surface area (Å²) in [5, 5.41) is -1.15. The van der Waals surface area contributed by atoms with Gasteiger partial charge in [0.2, 0.25) is 0 Å². The number of hydrogen-bond acceptors (Lipinski definition) is 5. The lowest BCUT2D eigenvalue weighted by Crippen LogP contribution is -2.32. The zero-order chi connectivity index (χ0) is 9.35. The molecule has 7 heteroatoms. The number of carbonyl (C=O) groups is 1. The molecule has 1 aliphatic heterocycles. The van der Waals surface area contributed by atoms with Crippen molar-refractivity contribution in [2.24, 2.45) is 0 Å². The van der Waals surface area contributed by atoms with Crippen LogP contribution < -0.4 is 0 Å². The van der Waals surface area contributed by atoms with Crippen LogP contribution in [0.2, 0.25) is 0 Å². The molecule has 1 fully saturated rings. The molecule has 0 spiro atoms. The fraction of sp³-hybridized carbons (Fsp3) is 0.800.